The molecule has 0 radical (unpaired) electrons. The first kappa shape index (κ1) is 15.7. The van der Waals surface area contributed by atoms with Gasteiger partial charge in [0.2, 0.25) is 0 Å². The van der Waals surface area contributed by atoms with Crippen LogP contribution in [0.3, 0.4) is 0 Å². The van der Waals surface area contributed by atoms with E-state index in [1.54, 1.807) is 14.2 Å². The molecule has 0 aliphatic carbocycles. The van der Waals surface area contributed by atoms with Gasteiger partial charge in [0.05, 0.1) is 7.11 Å². The van der Waals surface area contributed by atoms with E-state index in [-0.39, 0.29) is 0 Å². The quantitative estimate of drug-likeness (QED) is 0.456. The highest BCUT2D eigenvalue weighted by molar-refractivity contribution is 7.98. The molecule has 0 aliphatic rings. The molecule has 0 atom stereocenters. The lowest BCUT2D eigenvalue weighted by Crippen LogP contribution is -2.37. The summed E-state index contributed by atoms with van der Waals surface area (Å²) in [6, 6.07) is 8.02. The summed E-state index contributed by atoms with van der Waals surface area (Å²) in [4.78, 5) is 4.20. The first-order chi connectivity index (χ1) is 9.30. The van der Waals surface area contributed by atoms with Crippen molar-refractivity contribution in [2.75, 3.05) is 32.7 Å². The Hall–Kier alpha value is -1.36. The van der Waals surface area contributed by atoms with E-state index in [2.05, 4.69) is 27.9 Å². The van der Waals surface area contributed by atoms with Crippen LogP contribution in [-0.4, -0.2) is 38.7 Å². The summed E-state index contributed by atoms with van der Waals surface area (Å²) in [5, 5.41) is 6.59. The molecule has 0 spiro atoms. The van der Waals surface area contributed by atoms with Crippen molar-refractivity contribution in [3.8, 4) is 5.75 Å². The van der Waals surface area contributed by atoms with Gasteiger partial charge in [0, 0.05) is 20.1 Å². The highest BCUT2D eigenvalue weighted by Gasteiger charge is 1.99. The summed E-state index contributed by atoms with van der Waals surface area (Å²) in [6.45, 7) is 1.68. The van der Waals surface area contributed by atoms with Crippen molar-refractivity contribution in [2.45, 2.75) is 13.0 Å². The number of ether oxygens (including phenoxy) is 1. The van der Waals surface area contributed by atoms with Gasteiger partial charge in [-0.25, -0.2) is 0 Å². The molecule has 2 N–H and O–H groups in total. The zero-order chi connectivity index (χ0) is 13.9. The van der Waals surface area contributed by atoms with Crippen LogP contribution in [0, 0.1) is 0 Å². The molecule has 0 unspecified atom stereocenters. The lowest BCUT2D eigenvalue weighted by molar-refractivity contribution is 0.414. The molecule has 0 aromatic heterocycles. The molecule has 0 amide bonds. The van der Waals surface area contributed by atoms with Crippen molar-refractivity contribution in [2.24, 2.45) is 4.99 Å². The SMILES string of the molecule is CN=C(NCCCSC)NCc1cccc(OC)c1. The first-order valence-electron chi connectivity index (χ1n) is 6.36. The van der Waals surface area contributed by atoms with E-state index in [0.717, 1.165) is 31.2 Å². The largest absolute Gasteiger partial charge is 0.497 e. The van der Waals surface area contributed by atoms with E-state index in [0.29, 0.717) is 0 Å². The second kappa shape index (κ2) is 9.55. The topological polar surface area (TPSA) is 45.7 Å². The molecule has 1 aromatic carbocycles. The van der Waals surface area contributed by atoms with Gasteiger partial charge < -0.3 is 15.4 Å². The second-order valence-corrected chi connectivity index (χ2v) is 5.04. The minimum Gasteiger partial charge on any atom is -0.497 e. The van der Waals surface area contributed by atoms with Crippen LogP contribution in [-0.2, 0) is 6.54 Å². The number of aliphatic imine (C=N–C) groups is 1. The van der Waals surface area contributed by atoms with Crippen LogP contribution in [0.25, 0.3) is 0 Å². The zero-order valence-corrected chi connectivity index (χ0v) is 12.7. The fraction of sp³-hybridized carbons (Fsp3) is 0.500. The Bertz CT molecular complexity index is 396. The molecule has 0 saturated heterocycles. The first-order valence-corrected chi connectivity index (χ1v) is 7.76. The van der Waals surface area contributed by atoms with E-state index in [9.17, 15) is 0 Å². The standard InChI is InChI=1S/C14H23N3OS/c1-15-14(16-8-5-9-19-3)17-11-12-6-4-7-13(10-12)18-2/h4,6-7,10H,5,8-9,11H2,1-3H3,(H2,15,16,17). The van der Waals surface area contributed by atoms with E-state index >= 15 is 0 Å². The van der Waals surface area contributed by atoms with Crippen LogP contribution in [0.4, 0.5) is 0 Å². The van der Waals surface area contributed by atoms with E-state index < -0.39 is 0 Å². The van der Waals surface area contributed by atoms with Crippen LogP contribution in [0.15, 0.2) is 29.3 Å². The summed E-state index contributed by atoms with van der Waals surface area (Å²) in [6.07, 6.45) is 3.26. The molecule has 0 heterocycles. The van der Waals surface area contributed by atoms with Crippen LogP contribution < -0.4 is 15.4 Å². The Morgan fingerprint density at radius 1 is 1.37 bits per heavy atom. The Balaban J connectivity index is 2.36. The number of rotatable bonds is 7. The van der Waals surface area contributed by atoms with E-state index in [4.69, 9.17) is 4.74 Å². The summed E-state index contributed by atoms with van der Waals surface area (Å²) >= 11 is 1.86. The van der Waals surface area contributed by atoms with Gasteiger partial charge in [-0.3, -0.25) is 4.99 Å². The fourth-order valence-corrected chi connectivity index (χ4v) is 2.05. The molecule has 1 aromatic rings. The minimum atomic E-state index is 0.736. The number of nitrogens with zero attached hydrogens (tertiary/aromatic N) is 1. The lowest BCUT2D eigenvalue weighted by atomic mass is 10.2. The molecule has 4 nitrogen and oxygen atoms in total. The highest BCUT2D eigenvalue weighted by atomic mass is 32.2. The van der Waals surface area contributed by atoms with Crippen molar-refractivity contribution in [1.82, 2.24) is 10.6 Å². The summed E-state index contributed by atoms with van der Waals surface area (Å²) in [5.41, 5.74) is 1.17. The number of benzene rings is 1. The Kier molecular flexibility index (Phi) is 7.89. The van der Waals surface area contributed by atoms with Gasteiger partial charge in [-0.05, 0) is 36.1 Å². The predicted molar refractivity (Wildman–Crippen MR) is 84.2 cm³/mol. The van der Waals surface area contributed by atoms with Gasteiger partial charge in [-0.1, -0.05) is 12.1 Å². The summed E-state index contributed by atoms with van der Waals surface area (Å²) in [7, 11) is 3.47. The van der Waals surface area contributed by atoms with E-state index in [1.807, 2.05) is 30.0 Å². The average molecular weight is 281 g/mol. The third-order valence-corrected chi connectivity index (χ3v) is 3.33. The van der Waals surface area contributed by atoms with Gasteiger partial charge >= 0.3 is 0 Å². The third kappa shape index (κ3) is 6.38. The lowest BCUT2D eigenvalue weighted by Gasteiger charge is -2.12. The Morgan fingerprint density at radius 3 is 2.89 bits per heavy atom. The smallest absolute Gasteiger partial charge is 0.191 e. The fourth-order valence-electron chi connectivity index (χ4n) is 1.61. The van der Waals surface area contributed by atoms with Crippen LogP contribution in [0.1, 0.15) is 12.0 Å². The van der Waals surface area contributed by atoms with Crippen molar-refractivity contribution >= 4 is 17.7 Å². The normalized spacial score (nSPS) is 11.2. The monoisotopic (exact) mass is 281 g/mol. The average Bonchev–Trinajstić information content (AvgIpc) is 2.47. The van der Waals surface area contributed by atoms with Crippen molar-refractivity contribution in [1.29, 1.82) is 0 Å². The zero-order valence-electron chi connectivity index (χ0n) is 11.9. The molecular formula is C14H23N3OS. The Labute approximate surface area is 120 Å². The molecule has 0 fully saturated rings. The minimum absolute atomic E-state index is 0.736. The molecule has 0 saturated carbocycles. The molecule has 19 heavy (non-hydrogen) atoms. The number of nitrogens with one attached hydrogen (secondary N) is 2. The van der Waals surface area contributed by atoms with Crippen molar-refractivity contribution in [3.63, 3.8) is 0 Å². The molecule has 0 bridgehead atoms. The number of guanidine groups is 1. The van der Waals surface area contributed by atoms with Gasteiger partial charge in [0.1, 0.15) is 5.75 Å². The maximum Gasteiger partial charge on any atom is 0.191 e. The van der Waals surface area contributed by atoms with Gasteiger partial charge in [0.25, 0.3) is 0 Å². The van der Waals surface area contributed by atoms with Crippen LogP contribution in [0.2, 0.25) is 0 Å². The van der Waals surface area contributed by atoms with Gasteiger partial charge in [0.15, 0.2) is 5.96 Å². The maximum atomic E-state index is 5.20. The van der Waals surface area contributed by atoms with E-state index in [1.165, 1.54) is 11.3 Å². The third-order valence-electron chi connectivity index (χ3n) is 2.64. The molecular weight excluding hydrogens is 258 g/mol. The van der Waals surface area contributed by atoms with Crippen molar-refractivity contribution in [3.05, 3.63) is 29.8 Å². The van der Waals surface area contributed by atoms with Gasteiger partial charge in [-0.15, -0.1) is 0 Å². The molecule has 5 heteroatoms. The highest BCUT2D eigenvalue weighted by Crippen LogP contribution is 2.11. The number of hydrogen-bond acceptors (Lipinski definition) is 3. The number of thioether (sulfide) groups is 1. The Morgan fingerprint density at radius 2 is 2.21 bits per heavy atom. The predicted octanol–water partition coefficient (Wildman–Crippen LogP) is 2.11. The van der Waals surface area contributed by atoms with Gasteiger partial charge in [-0.2, -0.15) is 11.8 Å². The molecule has 106 valence electrons. The summed E-state index contributed by atoms with van der Waals surface area (Å²) in [5.74, 6) is 2.88. The molecule has 0 aliphatic heterocycles. The van der Waals surface area contributed by atoms with Crippen LogP contribution >= 0.6 is 11.8 Å². The van der Waals surface area contributed by atoms with Crippen molar-refractivity contribution < 1.29 is 4.74 Å². The molecule has 1 rings (SSSR count). The number of hydrogen-bond donors (Lipinski definition) is 2. The maximum absolute atomic E-state index is 5.20. The van der Waals surface area contributed by atoms with Crippen LogP contribution in [0.5, 0.6) is 5.75 Å². The summed E-state index contributed by atoms with van der Waals surface area (Å²) < 4.78 is 5.20. The second-order valence-electron chi connectivity index (χ2n) is 4.05. The number of methoxy groups -OCH3 is 1.